The highest BCUT2D eigenvalue weighted by Gasteiger charge is 2.41. The van der Waals surface area contributed by atoms with Crippen molar-refractivity contribution in [1.82, 2.24) is 0 Å². The maximum atomic E-state index is 12.6. The van der Waals surface area contributed by atoms with Gasteiger partial charge in [0.15, 0.2) is 52.1 Å². The standard InChI is InChI=1S/C27H24O17/c28-12-1-9(2-13(29)20(12)33)26(39)43-17-6-11(5-16(32)22(17)35)25(38)42-7-18-23(36)24(37)19(8-41-18)44-27(40)10-3-14(30)21(34)15(31)4-10/h1-6,18-19,23-24,28-37H,7-8H2/t18-,19+,23-,24-/m1/s1. The van der Waals surface area contributed by atoms with Crippen molar-refractivity contribution in [3.63, 3.8) is 0 Å². The van der Waals surface area contributed by atoms with Gasteiger partial charge in [-0.3, -0.25) is 0 Å². The number of aromatic hydroxyl groups is 8. The van der Waals surface area contributed by atoms with Crippen LogP contribution >= 0.6 is 0 Å². The Bertz CT molecular complexity index is 1570. The van der Waals surface area contributed by atoms with E-state index >= 15 is 0 Å². The number of aliphatic hydroxyl groups is 2. The van der Waals surface area contributed by atoms with E-state index < -0.39 is 124 Å². The van der Waals surface area contributed by atoms with Crippen LogP contribution in [0.3, 0.4) is 0 Å². The van der Waals surface area contributed by atoms with Crippen LogP contribution in [0.1, 0.15) is 31.1 Å². The number of ether oxygens (including phenoxy) is 4. The Labute approximate surface area is 245 Å². The zero-order valence-corrected chi connectivity index (χ0v) is 22.0. The van der Waals surface area contributed by atoms with Crippen molar-refractivity contribution < 1.29 is 84.4 Å². The van der Waals surface area contributed by atoms with E-state index in [1.54, 1.807) is 0 Å². The minimum Gasteiger partial charge on any atom is -0.504 e. The summed E-state index contributed by atoms with van der Waals surface area (Å²) < 4.78 is 20.4. The van der Waals surface area contributed by atoms with E-state index in [-0.39, 0.29) is 0 Å². The molecule has 4 rings (SSSR count). The smallest absolute Gasteiger partial charge is 0.343 e. The van der Waals surface area contributed by atoms with Crippen LogP contribution in [0.5, 0.6) is 51.7 Å². The molecule has 0 aliphatic carbocycles. The van der Waals surface area contributed by atoms with E-state index in [9.17, 15) is 65.4 Å². The number of phenols is 8. The quantitative estimate of drug-likeness (QED) is 0.0948. The Morgan fingerprint density at radius 2 is 1.09 bits per heavy atom. The molecule has 44 heavy (non-hydrogen) atoms. The number of hydrogen-bond acceptors (Lipinski definition) is 17. The molecule has 17 nitrogen and oxygen atoms in total. The zero-order chi connectivity index (χ0) is 32.5. The molecule has 234 valence electrons. The van der Waals surface area contributed by atoms with Crippen LogP contribution in [0.4, 0.5) is 0 Å². The average Bonchev–Trinajstić information content (AvgIpc) is 2.97. The summed E-state index contributed by atoms with van der Waals surface area (Å²) in [4.78, 5) is 37.4. The van der Waals surface area contributed by atoms with Gasteiger partial charge in [0.05, 0.1) is 23.3 Å². The third-order valence-corrected chi connectivity index (χ3v) is 6.33. The highest BCUT2D eigenvalue weighted by Crippen LogP contribution is 2.39. The number of hydrogen-bond donors (Lipinski definition) is 10. The lowest BCUT2D eigenvalue weighted by Gasteiger charge is -2.36. The first-order valence-corrected chi connectivity index (χ1v) is 12.3. The van der Waals surface area contributed by atoms with Crippen molar-refractivity contribution >= 4 is 17.9 Å². The summed E-state index contributed by atoms with van der Waals surface area (Å²) in [5.74, 6) is -11.3. The molecule has 0 amide bonds. The van der Waals surface area contributed by atoms with Gasteiger partial charge in [0.25, 0.3) is 0 Å². The van der Waals surface area contributed by atoms with Gasteiger partial charge < -0.3 is 70.0 Å². The molecule has 1 heterocycles. The Balaban J connectivity index is 1.38. The fourth-order valence-corrected chi connectivity index (χ4v) is 3.94. The predicted octanol–water partition coefficient (Wildman–Crippen LogP) is 0.0536. The largest absolute Gasteiger partial charge is 0.504 e. The van der Waals surface area contributed by atoms with E-state index in [1.807, 2.05) is 0 Å². The maximum absolute atomic E-state index is 12.6. The number of carbonyl (C=O) groups excluding carboxylic acids is 3. The molecule has 1 aliphatic rings. The Morgan fingerprint density at radius 1 is 0.636 bits per heavy atom. The predicted molar refractivity (Wildman–Crippen MR) is 139 cm³/mol. The van der Waals surface area contributed by atoms with Crippen molar-refractivity contribution in [1.29, 1.82) is 0 Å². The van der Waals surface area contributed by atoms with Gasteiger partial charge in [-0.1, -0.05) is 0 Å². The first-order chi connectivity index (χ1) is 20.7. The molecule has 10 N–H and O–H groups in total. The summed E-state index contributed by atoms with van der Waals surface area (Å²) in [6.45, 7) is -1.18. The Hall–Kier alpha value is -5.65. The van der Waals surface area contributed by atoms with Gasteiger partial charge in [-0.15, -0.1) is 0 Å². The first-order valence-electron chi connectivity index (χ1n) is 12.3. The second-order valence-corrected chi connectivity index (χ2v) is 9.35. The molecule has 3 aromatic carbocycles. The van der Waals surface area contributed by atoms with Crippen LogP contribution in [-0.4, -0.2) is 107 Å². The van der Waals surface area contributed by atoms with E-state index in [0.717, 1.165) is 36.4 Å². The van der Waals surface area contributed by atoms with Crippen molar-refractivity contribution in [3.8, 4) is 51.7 Å². The minimum atomic E-state index is -1.76. The third kappa shape index (κ3) is 6.38. The Morgan fingerprint density at radius 3 is 1.61 bits per heavy atom. The number of benzene rings is 3. The zero-order valence-electron chi connectivity index (χ0n) is 22.0. The van der Waals surface area contributed by atoms with Crippen molar-refractivity contribution in [3.05, 3.63) is 53.1 Å². The van der Waals surface area contributed by atoms with Gasteiger partial charge in [0.1, 0.15) is 24.9 Å². The van der Waals surface area contributed by atoms with E-state index in [1.165, 1.54) is 0 Å². The molecule has 0 saturated carbocycles. The monoisotopic (exact) mass is 620 g/mol. The van der Waals surface area contributed by atoms with E-state index in [2.05, 4.69) is 0 Å². The van der Waals surface area contributed by atoms with Gasteiger partial charge in [-0.25, -0.2) is 14.4 Å². The molecule has 0 aromatic heterocycles. The molecule has 1 fully saturated rings. The molecule has 0 bridgehead atoms. The van der Waals surface area contributed by atoms with Crippen molar-refractivity contribution in [2.24, 2.45) is 0 Å². The van der Waals surface area contributed by atoms with Crippen LogP contribution in [-0.2, 0) is 14.2 Å². The Kier molecular flexibility index (Phi) is 8.74. The number of phenolic OH excluding ortho intramolecular Hbond substituents is 8. The van der Waals surface area contributed by atoms with E-state index in [0.29, 0.717) is 0 Å². The molecule has 0 radical (unpaired) electrons. The lowest BCUT2D eigenvalue weighted by atomic mass is 10.0. The fourth-order valence-electron chi connectivity index (χ4n) is 3.94. The number of aliphatic hydroxyl groups excluding tert-OH is 2. The molecule has 4 atom stereocenters. The molecular formula is C27H24O17. The summed E-state index contributed by atoms with van der Waals surface area (Å²) in [6, 6.07) is 4.63. The molecular weight excluding hydrogens is 596 g/mol. The lowest BCUT2D eigenvalue weighted by Crippen LogP contribution is -2.55. The minimum absolute atomic E-state index is 0.392. The molecule has 0 unspecified atom stereocenters. The van der Waals surface area contributed by atoms with Gasteiger partial charge >= 0.3 is 17.9 Å². The van der Waals surface area contributed by atoms with Gasteiger partial charge in [0, 0.05) is 0 Å². The number of carbonyl (C=O) groups is 3. The topological polar surface area (TPSA) is 290 Å². The lowest BCUT2D eigenvalue weighted by molar-refractivity contribution is -0.196. The first kappa shape index (κ1) is 31.3. The number of esters is 3. The van der Waals surface area contributed by atoms with Crippen LogP contribution in [0.25, 0.3) is 0 Å². The summed E-state index contributed by atoms with van der Waals surface area (Å²) >= 11 is 0. The highest BCUT2D eigenvalue weighted by molar-refractivity contribution is 5.95. The van der Waals surface area contributed by atoms with Crippen molar-refractivity contribution in [2.45, 2.75) is 24.4 Å². The third-order valence-electron chi connectivity index (χ3n) is 6.33. The second kappa shape index (κ2) is 12.3. The average molecular weight is 620 g/mol. The highest BCUT2D eigenvalue weighted by atomic mass is 16.6. The van der Waals surface area contributed by atoms with Gasteiger partial charge in [0.2, 0.25) is 5.75 Å². The summed E-state index contributed by atoms with van der Waals surface area (Å²) in [7, 11) is 0. The van der Waals surface area contributed by atoms with Crippen LogP contribution in [0.15, 0.2) is 36.4 Å². The summed E-state index contributed by atoms with van der Waals surface area (Å²) in [5, 5.41) is 98.1. The fraction of sp³-hybridized carbons (Fsp3) is 0.222. The molecule has 17 heteroatoms. The number of rotatable bonds is 7. The molecule has 1 aliphatic heterocycles. The molecule has 0 spiro atoms. The summed E-state index contributed by atoms with van der Waals surface area (Å²) in [5.41, 5.74) is -1.33. The summed E-state index contributed by atoms with van der Waals surface area (Å²) in [6.07, 6.45) is -6.30. The molecule has 3 aromatic rings. The van der Waals surface area contributed by atoms with Gasteiger partial charge in [-0.2, -0.15) is 0 Å². The van der Waals surface area contributed by atoms with Crippen molar-refractivity contribution in [2.75, 3.05) is 13.2 Å². The van der Waals surface area contributed by atoms with E-state index in [4.69, 9.17) is 18.9 Å². The molecule has 1 saturated heterocycles. The van der Waals surface area contributed by atoms with Gasteiger partial charge in [-0.05, 0) is 36.4 Å². The van der Waals surface area contributed by atoms with Crippen LogP contribution in [0, 0.1) is 0 Å². The van der Waals surface area contributed by atoms with Crippen LogP contribution in [0.2, 0.25) is 0 Å². The SMILES string of the molecule is O=C(OC[C@H]1OC[C@H](OC(=O)c2cc(O)c(O)c(O)c2)[C@@H](O)[C@@H]1O)c1cc(O)c(O)c(OC(=O)c2cc(O)c(O)c(O)c2)c1. The maximum Gasteiger partial charge on any atom is 0.343 e. The normalized spacial score (nSPS) is 19.6. The van der Waals surface area contributed by atoms with Crippen LogP contribution < -0.4 is 4.74 Å². The second-order valence-electron chi connectivity index (χ2n) is 9.35.